The van der Waals surface area contributed by atoms with Gasteiger partial charge in [-0.1, -0.05) is 0 Å². The number of hydrogen-bond donors (Lipinski definition) is 3. The van der Waals surface area contributed by atoms with E-state index in [1.54, 1.807) is 24.0 Å². The highest BCUT2D eigenvalue weighted by atomic mass is 35.5. The quantitative estimate of drug-likeness (QED) is 0.728. The molecule has 0 aliphatic rings. The van der Waals surface area contributed by atoms with E-state index in [0.29, 0.717) is 5.95 Å². The molecule has 1 aromatic rings. The molecule has 0 radical (unpaired) electrons. The zero-order valence-electron chi connectivity index (χ0n) is 9.70. The van der Waals surface area contributed by atoms with Gasteiger partial charge in [-0.2, -0.15) is 0 Å². The Hall–Kier alpha value is -1.31. The first-order valence-corrected chi connectivity index (χ1v) is 4.76. The Morgan fingerprint density at radius 1 is 1.56 bits per heavy atom. The number of nitrogens with one attached hydrogen (secondary N) is 1. The molecule has 4 N–H and O–H groups in total. The number of imidazole rings is 1. The van der Waals surface area contributed by atoms with Gasteiger partial charge >= 0.3 is 5.97 Å². The van der Waals surface area contributed by atoms with Crippen LogP contribution in [-0.4, -0.2) is 32.6 Å². The second kappa shape index (κ2) is 8.73. The van der Waals surface area contributed by atoms with Gasteiger partial charge in [0.15, 0.2) is 0 Å². The third kappa shape index (κ3) is 5.85. The van der Waals surface area contributed by atoms with Gasteiger partial charge in [0.05, 0.1) is 0 Å². The summed E-state index contributed by atoms with van der Waals surface area (Å²) in [6.07, 6.45) is 3.41. The van der Waals surface area contributed by atoms with E-state index in [4.69, 9.17) is 10.8 Å². The highest BCUT2D eigenvalue weighted by molar-refractivity contribution is 5.89. The number of aryl methyl sites for hydroxylation is 1. The fourth-order valence-corrected chi connectivity index (χ4v) is 1.08. The molecule has 9 heteroatoms. The molecule has 0 spiro atoms. The molecule has 0 saturated heterocycles. The van der Waals surface area contributed by atoms with Crippen molar-refractivity contribution >= 4 is 42.6 Å². The molecule has 1 amide bonds. The van der Waals surface area contributed by atoms with E-state index < -0.39 is 12.0 Å². The van der Waals surface area contributed by atoms with Gasteiger partial charge in [-0.05, 0) is 6.42 Å². The minimum absolute atomic E-state index is 0. The second-order valence-electron chi connectivity index (χ2n) is 3.39. The molecule has 0 aliphatic heterocycles. The van der Waals surface area contributed by atoms with Crippen molar-refractivity contribution in [1.82, 2.24) is 9.55 Å². The summed E-state index contributed by atoms with van der Waals surface area (Å²) in [6.45, 7) is 0. The highest BCUT2D eigenvalue weighted by Crippen LogP contribution is 2.03. The molecule has 0 aliphatic carbocycles. The topological polar surface area (TPSA) is 110 Å². The van der Waals surface area contributed by atoms with Crippen molar-refractivity contribution in [2.75, 3.05) is 5.32 Å². The first-order valence-electron chi connectivity index (χ1n) is 4.76. The molecule has 1 atom stereocenters. The van der Waals surface area contributed by atoms with Crippen molar-refractivity contribution in [2.45, 2.75) is 18.9 Å². The maximum atomic E-state index is 11.4. The van der Waals surface area contributed by atoms with Crippen LogP contribution in [0.1, 0.15) is 12.8 Å². The SMILES string of the molecule is Cl.Cl.Cn1ccnc1NC(=O)CC[C@H](N)C(=O)O. The fraction of sp³-hybridized carbons (Fsp3) is 0.444. The number of rotatable bonds is 5. The van der Waals surface area contributed by atoms with Gasteiger partial charge in [-0.25, -0.2) is 4.98 Å². The van der Waals surface area contributed by atoms with E-state index in [1.165, 1.54) is 0 Å². The molecule has 104 valence electrons. The van der Waals surface area contributed by atoms with Crippen LogP contribution in [0.5, 0.6) is 0 Å². The van der Waals surface area contributed by atoms with Gasteiger partial charge in [0.25, 0.3) is 0 Å². The number of nitrogens with two attached hydrogens (primary N) is 1. The third-order valence-electron chi connectivity index (χ3n) is 2.07. The van der Waals surface area contributed by atoms with Gasteiger partial charge in [-0.3, -0.25) is 14.9 Å². The van der Waals surface area contributed by atoms with Gasteiger partial charge in [0, 0.05) is 25.9 Å². The molecular formula is C9H16Cl2N4O3. The van der Waals surface area contributed by atoms with E-state index in [2.05, 4.69) is 10.3 Å². The van der Waals surface area contributed by atoms with Crippen LogP contribution in [0.2, 0.25) is 0 Å². The standard InChI is InChI=1S/C9H14N4O3.2ClH/c1-13-5-4-11-9(13)12-7(14)3-2-6(10)8(15)16;;/h4-6H,2-3,10H2,1H3,(H,15,16)(H,11,12,14);2*1H/t6-;;/m0../s1. The Labute approximate surface area is 117 Å². The maximum Gasteiger partial charge on any atom is 0.320 e. The fourth-order valence-electron chi connectivity index (χ4n) is 1.08. The van der Waals surface area contributed by atoms with E-state index in [-0.39, 0.29) is 43.6 Å². The number of carboxylic acids is 1. The minimum Gasteiger partial charge on any atom is -0.480 e. The van der Waals surface area contributed by atoms with Gasteiger partial charge in [0.2, 0.25) is 11.9 Å². The van der Waals surface area contributed by atoms with Crippen LogP contribution in [0.15, 0.2) is 12.4 Å². The first kappa shape index (κ1) is 19.0. The number of carbonyl (C=O) groups is 2. The number of amides is 1. The average Bonchev–Trinajstić information content (AvgIpc) is 2.60. The van der Waals surface area contributed by atoms with E-state index >= 15 is 0 Å². The summed E-state index contributed by atoms with van der Waals surface area (Å²) in [5.41, 5.74) is 5.27. The molecule has 18 heavy (non-hydrogen) atoms. The summed E-state index contributed by atoms with van der Waals surface area (Å²) in [5.74, 6) is -0.982. The Morgan fingerprint density at radius 3 is 2.61 bits per heavy atom. The van der Waals surface area contributed by atoms with Gasteiger partial charge in [0.1, 0.15) is 6.04 Å². The Morgan fingerprint density at radius 2 is 2.17 bits per heavy atom. The molecule has 1 heterocycles. The van der Waals surface area contributed by atoms with Crippen LogP contribution in [-0.2, 0) is 16.6 Å². The Bertz CT molecular complexity index is 397. The van der Waals surface area contributed by atoms with Crippen molar-refractivity contribution in [2.24, 2.45) is 12.8 Å². The second-order valence-corrected chi connectivity index (χ2v) is 3.39. The monoisotopic (exact) mass is 298 g/mol. The normalized spacial score (nSPS) is 10.8. The van der Waals surface area contributed by atoms with Crippen LogP contribution in [0.4, 0.5) is 5.95 Å². The predicted molar refractivity (Wildman–Crippen MR) is 71.2 cm³/mol. The van der Waals surface area contributed by atoms with Crippen LogP contribution < -0.4 is 11.1 Å². The number of halogens is 2. The lowest BCUT2D eigenvalue weighted by atomic mass is 10.1. The molecule has 0 fully saturated rings. The molecule has 0 saturated carbocycles. The Balaban J connectivity index is 0. The number of carbonyl (C=O) groups excluding carboxylic acids is 1. The summed E-state index contributed by atoms with van der Waals surface area (Å²) in [6, 6.07) is -1.01. The van der Waals surface area contributed by atoms with Crippen molar-refractivity contribution in [3.8, 4) is 0 Å². The minimum atomic E-state index is -1.11. The summed E-state index contributed by atoms with van der Waals surface area (Å²) in [4.78, 5) is 25.7. The number of hydrogen-bond acceptors (Lipinski definition) is 4. The molecule has 1 rings (SSSR count). The molecule has 7 nitrogen and oxygen atoms in total. The number of carboxylic acid groups (broad SMARTS) is 1. The summed E-state index contributed by atoms with van der Waals surface area (Å²) in [7, 11) is 1.74. The number of aromatic nitrogens is 2. The number of nitrogens with zero attached hydrogens (tertiary/aromatic N) is 2. The lowest BCUT2D eigenvalue weighted by Crippen LogP contribution is -2.31. The van der Waals surface area contributed by atoms with Crippen molar-refractivity contribution < 1.29 is 14.7 Å². The summed E-state index contributed by atoms with van der Waals surface area (Å²) >= 11 is 0. The van der Waals surface area contributed by atoms with Crippen LogP contribution >= 0.6 is 24.8 Å². The van der Waals surface area contributed by atoms with E-state index in [0.717, 1.165) is 0 Å². The lowest BCUT2D eigenvalue weighted by molar-refractivity contribution is -0.138. The van der Waals surface area contributed by atoms with Crippen molar-refractivity contribution in [3.05, 3.63) is 12.4 Å². The number of aliphatic carboxylic acids is 1. The van der Waals surface area contributed by atoms with Crippen LogP contribution in [0.25, 0.3) is 0 Å². The predicted octanol–water partition coefficient (Wildman–Crippen LogP) is 0.394. The lowest BCUT2D eigenvalue weighted by Gasteiger charge is -2.06. The smallest absolute Gasteiger partial charge is 0.320 e. The zero-order valence-corrected chi connectivity index (χ0v) is 11.3. The Kier molecular flexibility index (Phi) is 9.24. The molecule has 0 aromatic carbocycles. The van der Waals surface area contributed by atoms with E-state index in [9.17, 15) is 9.59 Å². The number of anilines is 1. The van der Waals surface area contributed by atoms with E-state index in [1.807, 2.05) is 0 Å². The van der Waals surface area contributed by atoms with Crippen molar-refractivity contribution in [1.29, 1.82) is 0 Å². The zero-order chi connectivity index (χ0) is 12.1. The third-order valence-corrected chi connectivity index (χ3v) is 2.07. The first-order chi connectivity index (χ1) is 7.50. The average molecular weight is 299 g/mol. The highest BCUT2D eigenvalue weighted by Gasteiger charge is 2.14. The molecule has 0 bridgehead atoms. The summed E-state index contributed by atoms with van der Waals surface area (Å²) in [5, 5.41) is 11.1. The largest absolute Gasteiger partial charge is 0.480 e. The maximum absolute atomic E-state index is 11.4. The van der Waals surface area contributed by atoms with Crippen molar-refractivity contribution in [3.63, 3.8) is 0 Å². The summed E-state index contributed by atoms with van der Waals surface area (Å²) < 4.78 is 1.65. The molecule has 0 unspecified atom stereocenters. The van der Waals surface area contributed by atoms with Gasteiger partial charge < -0.3 is 15.4 Å². The van der Waals surface area contributed by atoms with Crippen LogP contribution in [0.3, 0.4) is 0 Å². The van der Waals surface area contributed by atoms with Crippen LogP contribution in [0, 0.1) is 0 Å². The van der Waals surface area contributed by atoms with Gasteiger partial charge in [-0.15, -0.1) is 24.8 Å². The molecule has 1 aromatic heterocycles. The molecular weight excluding hydrogens is 283 g/mol.